The molecule has 1 radical (unpaired) electrons. The molecule has 0 bridgehead atoms. The highest BCUT2D eigenvalue weighted by atomic mass is 14.2. The Kier molecular flexibility index (Phi) is 2.57. The summed E-state index contributed by atoms with van der Waals surface area (Å²) in [6.45, 7) is 2.18. The second-order valence-corrected chi connectivity index (χ2v) is 2.82. The monoisotopic (exact) mass is 133 g/mol. The van der Waals surface area contributed by atoms with Gasteiger partial charge in [-0.2, -0.15) is 0 Å². The van der Waals surface area contributed by atoms with E-state index in [2.05, 4.69) is 18.9 Å². The summed E-state index contributed by atoms with van der Waals surface area (Å²) in [4.78, 5) is 0. The van der Waals surface area contributed by atoms with Crippen LogP contribution in [0.3, 0.4) is 0 Å². The maximum absolute atomic E-state index is 7.02. The van der Waals surface area contributed by atoms with Crippen molar-refractivity contribution < 1.29 is 0 Å². The quantitative estimate of drug-likeness (QED) is 0.408. The summed E-state index contributed by atoms with van der Waals surface area (Å²) >= 11 is 0. The molecule has 1 unspecified atom stereocenters. The average molecular weight is 133 g/mol. The van der Waals surface area contributed by atoms with Crippen LogP contribution >= 0.6 is 0 Å². The summed E-state index contributed by atoms with van der Waals surface area (Å²) in [6, 6.07) is 0. The molecule has 0 amide bonds. The van der Waals surface area contributed by atoms with Crippen molar-refractivity contribution in [2.45, 2.75) is 32.6 Å². The van der Waals surface area contributed by atoms with Crippen molar-refractivity contribution in [3.8, 4) is 5.92 Å². The lowest BCUT2D eigenvalue weighted by Crippen LogP contribution is -1.93. The van der Waals surface area contributed by atoms with Gasteiger partial charge in [0.25, 0.3) is 0 Å². The van der Waals surface area contributed by atoms with Gasteiger partial charge in [0.15, 0.2) is 0 Å². The molecule has 0 fully saturated rings. The van der Waals surface area contributed by atoms with E-state index in [1.165, 1.54) is 18.4 Å². The first-order valence-corrected chi connectivity index (χ1v) is 3.99. The summed E-state index contributed by atoms with van der Waals surface area (Å²) in [5.41, 5.74) is 1.43. The Morgan fingerprint density at radius 3 is 2.90 bits per heavy atom. The number of allylic oxidation sites excluding steroid dienone is 2. The first-order valence-electron chi connectivity index (χ1n) is 3.99. The molecule has 1 aliphatic carbocycles. The predicted octanol–water partition coefficient (Wildman–Crippen LogP) is 2.71. The molecule has 0 saturated carbocycles. The zero-order valence-corrected chi connectivity index (χ0v) is 6.48. The smallest absolute Gasteiger partial charge is 0.0425 e. The van der Waals surface area contributed by atoms with Gasteiger partial charge in [0.2, 0.25) is 0 Å². The Labute approximate surface area is 63.3 Å². The molecule has 0 nitrogen and oxygen atoms in total. The summed E-state index contributed by atoms with van der Waals surface area (Å²) < 4.78 is 0. The highest BCUT2D eigenvalue weighted by Crippen LogP contribution is 2.30. The normalized spacial score (nSPS) is 17.4. The number of hydrogen-bond donors (Lipinski definition) is 0. The zero-order chi connectivity index (χ0) is 7.40. The predicted molar refractivity (Wildman–Crippen MR) is 42.8 cm³/mol. The fourth-order valence-electron chi connectivity index (χ4n) is 1.10. The van der Waals surface area contributed by atoms with Crippen LogP contribution in [0.4, 0.5) is 0 Å². The third-order valence-corrected chi connectivity index (χ3v) is 1.91. The van der Waals surface area contributed by atoms with Gasteiger partial charge in [-0.25, -0.2) is 0 Å². The van der Waals surface area contributed by atoms with E-state index in [1.807, 2.05) is 0 Å². The van der Waals surface area contributed by atoms with E-state index in [1.54, 1.807) is 0 Å². The molecule has 1 rings (SSSR count). The molecule has 0 spiro atoms. The molecule has 0 aromatic rings. The van der Waals surface area contributed by atoms with Crippen molar-refractivity contribution in [2.24, 2.45) is 5.92 Å². The first-order chi connectivity index (χ1) is 4.88. The summed E-state index contributed by atoms with van der Waals surface area (Å²) in [6.07, 6.45) is 13.9. The minimum atomic E-state index is 0.361. The maximum Gasteiger partial charge on any atom is 0.0425 e. The summed E-state index contributed by atoms with van der Waals surface area (Å²) in [7, 11) is 0. The summed E-state index contributed by atoms with van der Waals surface area (Å²) in [5.74, 6) is 2.94. The highest BCUT2D eigenvalue weighted by Gasteiger charge is 2.16. The zero-order valence-electron chi connectivity index (χ0n) is 6.48. The number of rotatable bonds is 4. The van der Waals surface area contributed by atoms with Gasteiger partial charge in [0, 0.05) is 5.92 Å². The van der Waals surface area contributed by atoms with E-state index in [0.29, 0.717) is 5.92 Å². The van der Waals surface area contributed by atoms with Crippen LogP contribution in [0.15, 0.2) is 11.6 Å². The highest BCUT2D eigenvalue weighted by molar-refractivity contribution is 5.29. The van der Waals surface area contributed by atoms with Crippen molar-refractivity contribution in [1.82, 2.24) is 0 Å². The molecule has 0 heterocycles. The average Bonchev–Trinajstić information content (AvgIpc) is 2.73. The standard InChI is InChI=1S/C10H13/c1-3-5-6-9(4-2)10-7-8-10/h7,9H,3,5-6,8H2,1H3. The van der Waals surface area contributed by atoms with E-state index < -0.39 is 0 Å². The Morgan fingerprint density at radius 2 is 2.50 bits per heavy atom. The third kappa shape index (κ3) is 1.92. The molecule has 0 saturated heterocycles. The Hall–Kier alpha value is -0.700. The Balaban J connectivity index is 2.22. The van der Waals surface area contributed by atoms with Crippen LogP contribution in [0.5, 0.6) is 0 Å². The second kappa shape index (κ2) is 3.46. The molecular weight excluding hydrogens is 120 g/mol. The molecule has 1 atom stereocenters. The Morgan fingerprint density at radius 1 is 1.80 bits per heavy atom. The van der Waals surface area contributed by atoms with Gasteiger partial charge < -0.3 is 0 Å². The van der Waals surface area contributed by atoms with Crippen LogP contribution in [0.1, 0.15) is 32.6 Å². The fraction of sp³-hybridized carbons (Fsp3) is 0.600. The largest absolute Gasteiger partial charge is 0.0812 e. The van der Waals surface area contributed by atoms with Gasteiger partial charge >= 0.3 is 0 Å². The van der Waals surface area contributed by atoms with Crippen LogP contribution in [-0.2, 0) is 0 Å². The van der Waals surface area contributed by atoms with Gasteiger partial charge in [-0.05, 0) is 19.3 Å². The molecule has 1 aliphatic rings. The van der Waals surface area contributed by atoms with Crippen molar-refractivity contribution in [1.29, 1.82) is 0 Å². The maximum atomic E-state index is 7.02. The van der Waals surface area contributed by atoms with Gasteiger partial charge in [0.1, 0.15) is 0 Å². The molecule has 0 heteroatoms. The number of hydrogen-bond acceptors (Lipinski definition) is 0. The lowest BCUT2D eigenvalue weighted by molar-refractivity contribution is 0.641. The van der Waals surface area contributed by atoms with E-state index in [0.717, 1.165) is 12.8 Å². The number of unbranched alkanes of at least 4 members (excludes halogenated alkanes) is 1. The minimum absolute atomic E-state index is 0.361. The van der Waals surface area contributed by atoms with Crippen LogP contribution in [0.25, 0.3) is 0 Å². The molecule has 0 aromatic carbocycles. The van der Waals surface area contributed by atoms with E-state index in [4.69, 9.17) is 6.42 Å². The van der Waals surface area contributed by atoms with E-state index in [-0.39, 0.29) is 0 Å². The second-order valence-electron chi connectivity index (χ2n) is 2.82. The van der Waals surface area contributed by atoms with Gasteiger partial charge in [-0.1, -0.05) is 37.3 Å². The van der Waals surface area contributed by atoms with Crippen LogP contribution in [0, 0.1) is 18.3 Å². The first kappa shape index (κ1) is 7.41. The van der Waals surface area contributed by atoms with E-state index >= 15 is 0 Å². The summed E-state index contributed by atoms with van der Waals surface area (Å²) in [5, 5.41) is 0. The van der Waals surface area contributed by atoms with Crippen LogP contribution in [-0.4, -0.2) is 0 Å². The fourth-order valence-corrected chi connectivity index (χ4v) is 1.10. The molecule has 53 valence electrons. The van der Waals surface area contributed by atoms with E-state index in [9.17, 15) is 0 Å². The third-order valence-electron chi connectivity index (χ3n) is 1.91. The minimum Gasteiger partial charge on any atom is -0.0812 e. The van der Waals surface area contributed by atoms with Crippen LogP contribution in [0.2, 0.25) is 0 Å². The lowest BCUT2D eigenvalue weighted by atomic mass is 10.0. The van der Waals surface area contributed by atoms with Gasteiger partial charge in [-0.3, -0.25) is 0 Å². The van der Waals surface area contributed by atoms with Crippen molar-refractivity contribution in [3.63, 3.8) is 0 Å². The molecule has 10 heavy (non-hydrogen) atoms. The van der Waals surface area contributed by atoms with Crippen molar-refractivity contribution in [3.05, 3.63) is 18.1 Å². The van der Waals surface area contributed by atoms with Gasteiger partial charge in [0.05, 0.1) is 0 Å². The Bertz CT molecular complexity index is 169. The molecule has 0 N–H and O–H groups in total. The van der Waals surface area contributed by atoms with Crippen LogP contribution < -0.4 is 0 Å². The SMILES string of the molecule is [C]#CC(CCCC)C1=CC1. The molecule has 0 aromatic heterocycles. The van der Waals surface area contributed by atoms with Crippen molar-refractivity contribution in [2.75, 3.05) is 0 Å². The van der Waals surface area contributed by atoms with Crippen molar-refractivity contribution >= 4 is 0 Å². The topological polar surface area (TPSA) is 0 Å². The molecular formula is C10H13. The lowest BCUT2D eigenvalue weighted by Gasteiger charge is -2.03. The molecule has 0 aliphatic heterocycles. The van der Waals surface area contributed by atoms with Gasteiger partial charge in [-0.15, -0.1) is 0 Å².